The summed E-state index contributed by atoms with van der Waals surface area (Å²) in [5.41, 5.74) is 2.06. The van der Waals surface area contributed by atoms with Gasteiger partial charge in [0.15, 0.2) is 0 Å². The maximum Gasteiger partial charge on any atom is 0.337 e. The van der Waals surface area contributed by atoms with Crippen molar-refractivity contribution in [3.8, 4) is 11.3 Å². The second kappa shape index (κ2) is 6.69. The number of methoxy groups -OCH3 is 1. The van der Waals surface area contributed by atoms with Crippen LogP contribution in [0.3, 0.4) is 0 Å². The Morgan fingerprint density at radius 1 is 1.04 bits per heavy atom. The molecule has 5 heteroatoms. The van der Waals surface area contributed by atoms with Crippen molar-refractivity contribution in [2.24, 2.45) is 0 Å². The Morgan fingerprint density at radius 3 is 2.54 bits per heavy atom. The molecule has 1 aliphatic rings. The quantitative estimate of drug-likeness (QED) is 0.481. The highest BCUT2D eigenvalue weighted by Gasteiger charge is 2.25. The van der Waals surface area contributed by atoms with Crippen molar-refractivity contribution in [2.45, 2.75) is 4.90 Å². The summed E-state index contributed by atoms with van der Waals surface area (Å²) >= 11 is 1.45. The number of hydrogen-bond acceptors (Lipinski definition) is 5. The van der Waals surface area contributed by atoms with Gasteiger partial charge in [0.05, 0.1) is 17.6 Å². The fourth-order valence-electron chi connectivity index (χ4n) is 2.74. The highest BCUT2D eigenvalue weighted by atomic mass is 32.2. The van der Waals surface area contributed by atoms with E-state index in [1.807, 2.05) is 36.4 Å². The Balaban J connectivity index is 1.58. The molecule has 2 heterocycles. The number of allylic oxidation sites excluding steroid dienone is 1. The van der Waals surface area contributed by atoms with Crippen molar-refractivity contribution in [3.63, 3.8) is 0 Å². The molecule has 1 aliphatic heterocycles. The summed E-state index contributed by atoms with van der Waals surface area (Å²) in [6, 6.07) is 18.2. The van der Waals surface area contributed by atoms with E-state index in [0.717, 1.165) is 16.0 Å². The molecular formula is C21H14O4S. The molecule has 0 aliphatic carbocycles. The van der Waals surface area contributed by atoms with Crippen molar-refractivity contribution in [3.05, 3.63) is 82.5 Å². The molecule has 0 N–H and O–H groups in total. The lowest BCUT2D eigenvalue weighted by Crippen LogP contribution is -2.00. The summed E-state index contributed by atoms with van der Waals surface area (Å²) in [7, 11) is 1.35. The van der Waals surface area contributed by atoms with Gasteiger partial charge in [0.1, 0.15) is 11.5 Å². The molecule has 0 spiro atoms. The third kappa shape index (κ3) is 2.97. The van der Waals surface area contributed by atoms with Crippen LogP contribution in [0.5, 0.6) is 0 Å². The second-order valence-corrected chi connectivity index (χ2v) is 6.79. The average molecular weight is 362 g/mol. The van der Waals surface area contributed by atoms with Gasteiger partial charge in [-0.25, -0.2) is 4.79 Å². The third-order valence-corrected chi connectivity index (χ3v) is 5.17. The molecule has 2 aromatic carbocycles. The average Bonchev–Trinajstić information content (AvgIpc) is 3.27. The zero-order valence-corrected chi connectivity index (χ0v) is 14.7. The van der Waals surface area contributed by atoms with Crippen LogP contribution in [0.2, 0.25) is 0 Å². The SMILES string of the molecule is COC(=O)c1ccc(-c2ccc(/C=C3\Sc4ccccc4C3=O)o2)cc1. The van der Waals surface area contributed by atoms with E-state index in [1.165, 1.54) is 18.9 Å². The number of fused-ring (bicyclic) bond motifs is 1. The maximum absolute atomic E-state index is 12.4. The molecule has 1 aromatic heterocycles. The zero-order chi connectivity index (χ0) is 18.1. The molecule has 4 nitrogen and oxygen atoms in total. The molecule has 0 amide bonds. The predicted octanol–water partition coefficient (Wildman–Crippen LogP) is 5.06. The van der Waals surface area contributed by atoms with E-state index >= 15 is 0 Å². The first kappa shape index (κ1) is 16.4. The number of ether oxygens (including phenoxy) is 1. The van der Waals surface area contributed by atoms with E-state index in [0.29, 0.717) is 22.0 Å². The first-order valence-electron chi connectivity index (χ1n) is 7.97. The summed E-state index contributed by atoms with van der Waals surface area (Å²) in [6.07, 6.45) is 1.76. The van der Waals surface area contributed by atoms with Gasteiger partial charge in [-0.2, -0.15) is 0 Å². The summed E-state index contributed by atoms with van der Waals surface area (Å²) in [5, 5.41) is 0. The summed E-state index contributed by atoms with van der Waals surface area (Å²) < 4.78 is 10.5. The summed E-state index contributed by atoms with van der Waals surface area (Å²) in [5.74, 6) is 0.922. The minimum atomic E-state index is -0.377. The van der Waals surface area contributed by atoms with E-state index in [2.05, 4.69) is 0 Å². The highest BCUT2D eigenvalue weighted by Crippen LogP contribution is 2.40. The van der Waals surface area contributed by atoms with E-state index in [1.54, 1.807) is 30.3 Å². The Morgan fingerprint density at radius 2 is 1.81 bits per heavy atom. The van der Waals surface area contributed by atoms with Gasteiger partial charge >= 0.3 is 5.97 Å². The van der Waals surface area contributed by atoms with Gasteiger partial charge in [-0.15, -0.1) is 0 Å². The molecule has 26 heavy (non-hydrogen) atoms. The highest BCUT2D eigenvalue weighted by molar-refractivity contribution is 8.04. The summed E-state index contributed by atoms with van der Waals surface area (Å²) in [6.45, 7) is 0. The number of carbonyl (C=O) groups excluding carboxylic acids is 2. The molecule has 3 aromatic rings. The molecule has 0 radical (unpaired) electrons. The third-order valence-electron chi connectivity index (χ3n) is 4.07. The molecule has 0 saturated carbocycles. The van der Waals surface area contributed by atoms with Crippen LogP contribution in [-0.4, -0.2) is 18.9 Å². The molecule has 128 valence electrons. The Kier molecular flexibility index (Phi) is 4.22. The van der Waals surface area contributed by atoms with Gasteiger partial charge in [0, 0.05) is 16.0 Å². The monoisotopic (exact) mass is 362 g/mol. The number of Topliss-reactive ketones (excluding diaryl/α,β-unsaturated/α-hetero) is 1. The van der Waals surface area contributed by atoms with Gasteiger partial charge in [-0.05, 0) is 42.5 Å². The fraction of sp³-hybridized carbons (Fsp3) is 0.0476. The smallest absolute Gasteiger partial charge is 0.337 e. The number of benzene rings is 2. The van der Waals surface area contributed by atoms with Crippen LogP contribution < -0.4 is 0 Å². The molecule has 4 rings (SSSR count). The lowest BCUT2D eigenvalue weighted by atomic mass is 10.1. The van der Waals surface area contributed by atoms with Crippen LogP contribution in [-0.2, 0) is 4.74 Å². The van der Waals surface area contributed by atoms with Crippen molar-refractivity contribution in [1.29, 1.82) is 0 Å². The van der Waals surface area contributed by atoms with Crippen LogP contribution in [0, 0.1) is 0 Å². The lowest BCUT2D eigenvalue weighted by Gasteiger charge is -2.00. The largest absolute Gasteiger partial charge is 0.465 e. The molecule has 0 saturated heterocycles. The topological polar surface area (TPSA) is 56.5 Å². The minimum Gasteiger partial charge on any atom is -0.465 e. The fourth-order valence-corrected chi connectivity index (χ4v) is 3.77. The summed E-state index contributed by atoms with van der Waals surface area (Å²) in [4.78, 5) is 25.5. The Bertz CT molecular complexity index is 1030. The minimum absolute atomic E-state index is 0.0194. The molecule has 0 atom stereocenters. The molecule has 0 bridgehead atoms. The lowest BCUT2D eigenvalue weighted by molar-refractivity contribution is 0.0600. The van der Waals surface area contributed by atoms with Gasteiger partial charge in [-0.1, -0.05) is 36.0 Å². The van der Waals surface area contributed by atoms with Crippen molar-refractivity contribution >= 4 is 29.6 Å². The number of esters is 1. The normalized spacial score (nSPS) is 14.5. The number of thioether (sulfide) groups is 1. The standard InChI is InChI=1S/C21H14O4S/c1-24-21(23)14-8-6-13(7-9-14)17-11-10-15(25-17)12-19-20(22)16-4-2-3-5-18(16)26-19/h2-12H,1H3/b19-12-. The Hall–Kier alpha value is -3.05. The molecule has 0 unspecified atom stereocenters. The van der Waals surface area contributed by atoms with E-state index < -0.39 is 0 Å². The van der Waals surface area contributed by atoms with Crippen LogP contribution in [0.15, 0.2) is 74.9 Å². The molecular weight excluding hydrogens is 348 g/mol. The van der Waals surface area contributed by atoms with E-state index in [9.17, 15) is 9.59 Å². The predicted molar refractivity (Wildman–Crippen MR) is 100 cm³/mol. The number of hydrogen-bond donors (Lipinski definition) is 0. The van der Waals surface area contributed by atoms with Crippen molar-refractivity contribution in [2.75, 3.05) is 7.11 Å². The second-order valence-electron chi connectivity index (χ2n) is 5.71. The first-order chi connectivity index (χ1) is 12.7. The van der Waals surface area contributed by atoms with Gasteiger partial charge in [0.2, 0.25) is 5.78 Å². The van der Waals surface area contributed by atoms with E-state index in [-0.39, 0.29) is 11.8 Å². The van der Waals surface area contributed by atoms with Crippen LogP contribution in [0.25, 0.3) is 17.4 Å². The van der Waals surface area contributed by atoms with Gasteiger partial charge in [0.25, 0.3) is 0 Å². The van der Waals surface area contributed by atoms with E-state index in [4.69, 9.17) is 9.15 Å². The van der Waals surface area contributed by atoms with Crippen molar-refractivity contribution in [1.82, 2.24) is 0 Å². The van der Waals surface area contributed by atoms with Crippen LogP contribution in [0.1, 0.15) is 26.5 Å². The van der Waals surface area contributed by atoms with Crippen LogP contribution in [0.4, 0.5) is 0 Å². The molecule has 0 fully saturated rings. The zero-order valence-electron chi connectivity index (χ0n) is 13.9. The number of furan rings is 1. The Labute approximate surface area is 154 Å². The van der Waals surface area contributed by atoms with Gasteiger partial charge < -0.3 is 9.15 Å². The van der Waals surface area contributed by atoms with Crippen molar-refractivity contribution < 1.29 is 18.7 Å². The number of rotatable bonds is 3. The maximum atomic E-state index is 12.4. The first-order valence-corrected chi connectivity index (χ1v) is 8.79. The van der Waals surface area contributed by atoms with Crippen LogP contribution >= 0.6 is 11.8 Å². The number of carbonyl (C=O) groups is 2. The van der Waals surface area contributed by atoms with Gasteiger partial charge in [-0.3, -0.25) is 4.79 Å². The number of ketones is 1.